The molecule has 6 heteroatoms. The van der Waals surface area contributed by atoms with E-state index in [4.69, 9.17) is 23.2 Å². The monoisotopic (exact) mass is 286 g/mol. The first-order valence-corrected chi connectivity index (χ1v) is 6.36. The zero-order chi connectivity index (χ0) is 13.1. The Morgan fingerprint density at radius 3 is 2.56 bits per heavy atom. The number of carbonyl (C=O) groups is 2. The van der Waals surface area contributed by atoms with E-state index in [0.29, 0.717) is 28.6 Å². The molecule has 1 saturated heterocycles. The van der Waals surface area contributed by atoms with Gasteiger partial charge in [0.05, 0.1) is 0 Å². The summed E-state index contributed by atoms with van der Waals surface area (Å²) >= 11 is 11.7. The molecule has 2 N–H and O–H groups in total. The molecule has 1 atom stereocenters. The van der Waals surface area contributed by atoms with Crippen LogP contribution in [0.2, 0.25) is 10.0 Å². The van der Waals surface area contributed by atoms with Crippen molar-refractivity contribution < 1.29 is 9.59 Å². The van der Waals surface area contributed by atoms with Gasteiger partial charge in [-0.25, -0.2) is 0 Å². The Hall–Kier alpha value is -1.26. The van der Waals surface area contributed by atoms with E-state index in [1.807, 2.05) is 0 Å². The lowest BCUT2D eigenvalue weighted by atomic mass is 10.0. The van der Waals surface area contributed by atoms with Crippen LogP contribution in [0.1, 0.15) is 19.3 Å². The molecule has 2 amide bonds. The molecule has 1 aromatic rings. The van der Waals surface area contributed by atoms with E-state index in [9.17, 15) is 9.59 Å². The predicted octanol–water partition coefficient (Wildman–Crippen LogP) is 2.60. The van der Waals surface area contributed by atoms with Crippen LogP contribution in [-0.4, -0.2) is 17.9 Å². The maximum absolute atomic E-state index is 11.9. The smallest absolute Gasteiger partial charge is 0.246 e. The fourth-order valence-corrected chi connectivity index (χ4v) is 2.38. The summed E-state index contributed by atoms with van der Waals surface area (Å²) in [5.74, 6) is -0.341. The van der Waals surface area contributed by atoms with Crippen LogP contribution in [0.3, 0.4) is 0 Å². The fourth-order valence-electron chi connectivity index (χ4n) is 1.86. The zero-order valence-electron chi connectivity index (χ0n) is 9.50. The summed E-state index contributed by atoms with van der Waals surface area (Å²) in [4.78, 5) is 23.1. The summed E-state index contributed by atoms with van der Waals surface area (Å²) in [7, 11) is 0. The van der Waals surface area contributed by atoms with E-state index in [2.05, 4.69) is 10.6 Å². The number of hydrogen-bond acceptors (Lipinski definition) is 2. The summed E-state index contributed by atoms with van der Waals surface area (Å²) in [6.45, 7) is 0. The van der Waals surface area contributed by atoms with Crippen LogP contribution in [-0.2, 0) is 9.59 Å². The number of rotatable bonds is 2. The van der Waals surface area contributed by atoms with Crippen LogP contribution in [0.25, 0.3) is 0 Å². The molecule has 96 valence electrons. The third-order valence-corrected chi connectivity index (χ3v) is 3.11. The highest BCUT2D eigenvalue weighted by molar-refractivity contribution is 6.35. The number of halogens is 2. The normalized spacial score (nSPS) is 19.2. The van der Waals surface area contributed by atoms with E-state index in [0.717, 1.165) is 6.42 Å². The first kappa shape index (κ1) is 13.2. The van der Waals surface area contributed by atoms with E-state index in [1.165, 1.54) is 0 Å². The van der Waals surface area contributed by atoms with Crippen LogP contribution in [0, 0.1) is 0 Å². The Balaban J connectivity index is 2.04. The van der Waals surface area contributed by atoms with Gasteiger partial charge in [-0.2, -0.15) is 0 Å². The van der Waals surface area contributed by atoms with Crippen molar-refractivity contribution in [2.45, 2.75) is 25.3 Å². The number of anilines is 1. The molecule has 1 heterocycles. The van der Waals surface area contributed by atoms with Crippen LogP contribution in [0.4, 0.5) is 5.69 Å². The third-order valence-electron chi connectivity index (χ3n) is 2.68. The topological polar surface area (TPSA) is 58.2 Å². The number of nitrogens with one attached hydrogen (secondary N) is 2. The van der Waals surface area contributed by atoms with Gasteiger partial charge >= 0.3 is 0 Å². The molecule has 0 spiro atoms. The minimum Gasteiger partial charge on any atom is -0.344 e. The standard InChI is InChI=1S/C12H12Cl2N2O2/c13-7-4-8(14)6-9(5-7)15-12(18)10-2-1-3-11(17)16-10/h4-6,10H,1-3H2,(H,15,18)(H,16,17)/t10-/m1/s1. The quantitative estimate of drug-likeness (QED) is 0.878. The molecule has 0 saturated carbocycles. The Kier molecular flexibility index (Phi) is 4.09. The van der Waals surface area contributed by atoms with E-state index in [1.54, 1.807) is 18.2 Å². The molecule has 1 aliphatic rings. The zero-order valence-corrected chi connectivity index (χ0v) is 11.0. The first-order chi connectivity index (χ1) is 8.54. The Labute approximate surface area is 115 Å². The molecule has 0 bridgehead atoms. The SMILES string of the molecule is O=C1CCC[C@H](C(=O)Nc2cc(Cl)cc(Cl)c2)N1. The summed E-state index contributed by atoms with van der Waals surface area (Å²) in [6, 6.07) is 4.32. The molecule has 0 aliphatic carbocycles. The highest BCUT2D eigenvalue weighted by atomic mass is 35.5. The fraction of sp³-hybridized carbons (Fsp3) is 0.333. The number of amides is 2. The lowest BCUT2D eigenvalue weighted by Crippen LogP contribution is -2.46. The van der Waals surface area contributed by atoms with Gasteiger partial charge in [0.2, 0.25) is 11.8 Å². The van der Waals surface area contributed by atoms with E-state index >= 15 is 0 Å². The number of carbonyl (C=O) groups excluding carboxylic acids is 2. The summed E-state index contributed by atoms with van der Waals surface area (Å²) in [5.41, 5.74) is 0.525. The maximum Gasteiger partial charge on any atom is 0.246 e. The second-order valence-electron chi connectivity index (χ2n) is 4.16. The van der Waals surface area contributed by atoms with Crippen molar-refractivity contribution in [3.05, 3.63) is 28.2 Å². The molecular formula is C12H12Cl2N2O2. The highest BCUT2D eigenvalue weighted by Gasteiger charge is 2.24. The molecule has 1 aliphatic heterocycles. The van der Waals surface area contributed by atoms with E-state index < -0.39 is 6.04 Å². The maximum atomic E-state index is 11.9. The average Bonchev–Trinajstić information content (AvgIpc) is 2.27. The summed E-state index contributed by atoms with van der Waals surface area (Å²) in [5, 5.41) is 6.24. The van der Waals surface area contributed by atoms with Gasteiger partial charge < -0.3 is 10.6 Å². The van der Waals surface area contributed by atoms with Gasteiger partial charge in [-0.1, -0.05) is 23.2 Å². The van der Waals surface area contributed by atoms with E-state index in [-0.39, 0.29) is 11.8 Å². The predicted molar refractivity (Wildman–Crippen MR) is 70.9 cm³/mol. The van der Waals surface area contributed by atoms with Crippen LogP contribution < -0.4 is 10.6 Å². The third kappa shape index (κ3) is 3.37. The van der Waals surface area contributed by atoms with Crippen molar-refractivity contribution in [3.63, 3.8) is 0 Å². The Morgan fingerprint density at radius 2 is 1.94 bits per heavy atom. The lowest BCUT2D eigenvalue weighted by molar-refractivity contribution is -0.128. The Morgan fingerprint density at radius 1 is 1.28 bits per heavy atom. The van der Waals surface area contributed by atoms with Crippen molar-refractivity contribution in [3.8, 4) is 0 Å². The van der Waals surface area contributed by atoms with Gasteiger partial charge in [0.25, 0.3) is 0 Å². The second kappa shape index (κ2) is 5.59. The molecule has 0 aromatic heterocycles. The van der Waals surface area contributed by atoms with Crippen molar-refractivity contribution in [2.24, 2.45) is 0 Å². The first-order valence-electron chi connectivity index (χ1n) is 5.61. The average molecular weight is 287 g/mol. The van der Waals surface area contributed by atoms with Gasteiger partial charge in [-0.05, 0) is 31.0 Å². The van der Waals surface area contributed by atoms with Crippen molar-refractivity contribution in [1.82, 2.24) is 5.32 Å². The van der Waals surface area contributed by atoms with Crippen LogP contribution in [0.15, 0.2) is 18.2 Å². The molecule has 0 unspecified atom stereocenters. The molecule has 18 heavy (non-hydrogen) atoms. The van der Waals surface area contributed by atoms with Gasteiger partial charge in [-0.15, -0.1) is 0 Å². The minimum atomic E-state index is -0.482. The van der Waals surface area contributed by atoms with Gasteiger partial charge in [-0.3, -0.25) is 9.59 Å². The van der Waals surface area contributed by atoms with Crippen LogP contribution >= 0.6 is 23.2 Å². The van der Waals surface area contributed by atoms with Crippen molar-refractivity contribution in [1.29, 1.82) is 0 Å². The molecule has 1 fully saturated rings. The molecule has 1 aromatic carbocycles. The van der Waals surface area contributed by atoms with Gasteiger partial charge in [0.1, 0.15) is 6.04 Å². The molecule has 0 radical (unpaired) electrons. The molecular weight excluding hydrogens is 275 g/mol. The van der Waals surface area contributed by atoms with Crippen molar-refractivity contribution in [2.75, 3.05) is 5.32 Å². The Bertz CT molecular complexity index is 471. The molecule has 2 rings (SSSR count). The number of benzene rings is 1. The lowest BCUT2D eigenvalue weighted by Gasteiger charge is -2.22. The molecule has 4 nitrogen and oxygen atoms in total. The van der Waals surface area contributed by atoms with Crippen molar-refractivity contribution >= 4 is 40.7 Å². The number of piperidine rings is 1. The van der Waals surface area contributed by atoms with Crippen LogP contribution in [0.5, 0.6) is 0 Å². The number of hydrogen-bond donors (Lipinski definition) is 2. The summed E-state index contributed by atoms with van der Waals surface area (Å²) in [6.07, 6.45) is 1.85. The second-order valence-corrected chi connectivity index (χ2v) is 5.03. The van der Waals surface area contributed by atoms with Gasteiger partial charge in [0, 0.05) is 22.2 Å². The largest absolute Gasteiger partial charge is 0.344 e. The highest BCUT2D eigenvalue weighted by Crippen LogP contribution is 2.23. The summed E-state index contributed by atoms with van der Waals surface area (Å²) < 4.78 is 0. The minimum absolute atomic E-state index is 0.0921. The van der Waals surface area contributed by atoms with Gasteiger partial charge in [0.15, 0.2) is 0 Å².